The zero-order valence-electron chi connectivity index (χ0n) is 18.5. The number of aromatic nitrogens is 1. The first-order chi connectivity index (χ1) is 14.4. The predicted molar refractivity (Wildman–Crippen MR) is 116 cm³/mol. The van der Waals surface area contributed by atoms with Crippen LogP contribution in [-0.4, -0.2) is 37.5 Å². The van der Waals surface area contributed by atoms with Gasteiger partial charge >= 0.3 is 5.97 Å². The number of hydrogen-bond acceptors (Lipinski definition) is 5. The van der Waals surface area contributed by atoms with E-state index in [1.165, 1.54) is 0 Å². The number of methoxy groups -OCH3 is 1. The van der Waals surface area contributed by atoms with E-state index in [0.717, 1.165) is 41.0 Å². The van der Waals surface area contributed by atoms with E-state index < -0.39 is 5.97 Å². The SMILES string of the molecule is CCOC(=O)c1cn2c(cc1=O)-c1cc(C)c(OCCCOC)cc1CC2C(C)C. The molecule has 1 aromatic carbocycles. The molecular weight excluding hydrogens is 382 g/mol. The molecule has 2 heterocycles. The molecule has 2 aromatic rings. The molecule has 0 N–H and O–H groups in total. The third-order valence-electron chi connectivity index (χ3n) is 5.56. The zero-order chi connectivity index (χ0) is 21.8. The first-order valence-corrected chi connectivity index (χ1v) is 10.6. The Kier molecular flexibility index (Phi) is 6.98. The summed E-state index contributed by atoms with van der Waals surface area (Å²) in [7, 11) is 1.68. The number of pyridine rings is 1. The molecule has 0 saturated heterocycles. The van der Waals surface area contributed by atoms with Crippen LogP contribution in [0.5, 0.6) is 5.75 Å². The minimum absolute atomic E-state index is 0.0875. The summed E-state index contributed by atoms with van der Waals surface area (Å²) in [5.74, 6) is 0.621. The Bertz CT molecular complexity index is 976. The van der Waals surface area contributed by atoms with Crippen LogP contribution in [0.3, 0.4) is 0 Å². The number of hydrogen-bond donors (Lipinski definition) is 0. The van der Waals surface area contributed by atoms with Gasteiger partial charge in [0.1, 0.15) is 11.3 Å². The molecule has 6 nitrogen and oxygen atoms in total. The maximum absolute atomic E-state index is 12.7. The summed E-state index contributed by atoms with van der Waals surface area (Å²) in [5, 5.41) is 0. The molecule has 1 atom stereocenters. The molecule has 0 radical (unpaired) electrons. The van der Waals surface area contributed by atoms with E-state index in [4.69, 9.17) is 14.2 Å². The molecule has 30 heavy (non-hydrogen) atoms. The Morgan fingerprint density at radius 3 is 2.67 bits per heavy atom. The molecule has 0 spiro atoms. The molecule has 0 fully saturated rings. The number of aryl methyl sites for hydroxylation is 1. The first-order valence-electron chi connectivity index (χ1n) is 10.6. The molecule has 0 bridgehead atoms. The van der Waals surface area contributed by atoms with Crippen molar-refractivity contribution in [2.45, 2.75) is 46.6 Å². The summed E-state index contributed by atoms with van der Waals surface area (Å²) >= 11 is 0. The van der Waals surface area contributed by atoms with Gasteiger partial charge in [-0.05, 0) is 49.4 Å². The number of fused-ring (bicyclic) bond motifs is 3. The van der Waals surface area contributed by atoms with Gasteiger partial charge in [0.25, 0.3) is 0 Å². The van der Waals surface area contributed by atoms with Gasteiger partial charge in [-0.25, -0.2) is 4.79 Å². The third-order valence-corrected chi connectivity index (χ3v) is 5.56. The van der Waals surface area contributed by atoms with Gasteiger partial charge in [0.15, 0.2) is 5.43 Å². The second-order valence-electron chi connectivity index (χ2n) is 8.05. The topological polar surface area (TPSA) is 66.8 Å². The van der Waals surface area contributed by atoms with Crippen LogP contribution < -0.4 is 10.2 Å². The summed E-state index contributed by atoms with van der Waals surface area (Å²) in [5.41, 5.74) is 3.80. The molecule has 0 aliphatic carbocycles. The van der Waals surface area contributed by atoms with Gasteiger partial charge in [0, 0.05) is 44.0 Å². The largest absolute Gasteiger partial charge is 0.493 e. The van der Waals surface area contributed by atoms with Crippen molar-refractivity contribution >= 4 is 5.97 Å². The maximum atomic E-state index is 12.7. The van der Waals surface area contributed by atoms with Gasteiger partial charge in [0.05, 0.1) is 18.9 Å². The van der Waals surface area contributed by atoms with Crippen molar-refractivity contribution in [2.75, 3.05) is 26.9 Å². The normalized spacial score (nSPS) is 14.9. The Labute approximate surface area is 177 Å². The maximum Gasteiger partial charge on any atom is 0.343 e. The number of nitrogens with zero attached hydrogens (tertiary/aromatic N) is 1. The van der Waals surface area contributed by atoms with E-state index >= 15 is 0 Å². The van der Waals surface area contributed by atoms with E-state index in [9.17, 15) is 9.59 Å². The summed E-state index contributed by atoms with van der Waals surface area (Å²) < 4.78 is 18.2. The Balaban J connectivity index is 2.05. The number of benzene rings is 1. The minimum Gasteiger partial charge on any atom is -0.493 e. The van der Waals surface area contributed by atoms with Crippen LogP contribution in [0, 0.1) is 12.8 Å². The molecule has 3 rings (SSSR count). The van der Waals surface area contributed by atoms with E-state index in [1.807, 2.05) is 6.92 Å². The number of rotatable bonds is 8. The van der Waals surface area contributed by atoms with Crippen molar-refractivity contribution in [3.63, 3.8) is 0 Å². The van der Waals surface area contributed by atoms with Gasteiger partial charge in [-0.1, -0.05) is 13.8 Å². The smallest absolute Gasteiger partial charge is 0.343 e. The first kappa shape index (κ1) is 22.1. The molecule has 1 aromatic heterocycles. The molecule has 1 aliphatic rings. The fourth-order valence-corrected chi connectivity index (χ4v) is 3.96. The summed E-state index contributed by atoms with van der Waals surface area (Å²) in [6.07, 6.45) is 3.31. The van der Waals surface area contributed by atoms with Crippen molar-refractivity contribution < 1.29 is 19.0 Å². The Morgan fingerprint density at radius 1 is 1.23 bits per heavy atom. The highest BCUT2D eigenvalue weighted by Gasteiger charge is 2.29. The van der Waals surface area contributed by atoms with Crippen LogP contribution in [0.4, 0.5) is 0 Å². The predicted octanol–water partition coefficient (Wildman–Crippen LogP) is 4.17. The average Bonchev–Trinajstić information content (AvgIpc) is 2.70. The number of esters is 1. The second kappa shape index (κ2) is 9.47. The Morgan fingerprint density at radius 2 is 2.00 bits per heavy atom. The van der Waals surface area contributed by atoms with Crippen LogP contribution in [0.1, 0.15) is 54.7 Å². The average molecular weight is 414 g/mol. The van der Waals surface area contributed by atoms with Gasteiger partial charge in [0.2, 0.25) is 0 Å². The van der Waals surface area contributed by atoms with Crippen molar-refractivity contribution in [3.05, 3.63) is 51.3 Å². The number of carbonyl (C=O) groups is 1. The molecule has 1 aliphatic heterocycles. The van der Waals surface area contributed by atoms with Gasteiger partial charge in [-0.2, -0.15) is 0 Å². The summed E-state index contributed by atoms with van der Waals surface area (Å²) in [6, 6.07) is 5.87. The quantitative estimate of drug-likeness (QED) is 0.480. The molecule has 0 amide bonds. The van der Waals surface area contributed by atoms with Crippen molar-refractivity contribution in [2.24, 2.45) is 5.92 Å². The lowest BCUT2D eigenvalue weighted by Crippen LogP contribution is -2.28. The fraction of sp³-hybridized carbons (Fsp3) is 0.500. The van der Waals surface area contributed by atoms with Crippen LogP contribution >= 0.6 is 0 Å². The minimum atomic E-state index is -0.568. The lowest BCUT2D eigenvalue weighted by molar-refractivity contribution is 0.0523. The Hall–Kier alpha value is -2.60. The van der Waals surface area contributed by atoms with Crippen molar-refractivity contribution in [1.29, 1.82) is 0 Å². The van der Waals surface area contributed by atoms with E-state index in [-0.39, 0.29) is 23.6 Å². The summed E-state index contributed by atoms with van der Waals surface area (Å²) in [4.78, 5) is 25.0. The third kappa shape index (κ3) is 4.43. The van der Waals surface area contributed by atoms with Crippen LogP contribution in [0.25, 0.3) is 11.3 Å². The van der Waals surface area contributed by atoms with Crippen molar-refractivity contribution in [3.8, 4) is 17.0 Å². The number of carbonyl (C=O) groups excluding carboxylic acids is 1. The lowest BCUT2D eigenvalue weighted by atomic mass is 9.86. The van der Waals surface area contributed by atoms with Crippen LogP contribution in [0.15, 0.2) is 29.2 Å². The lowest BCUT2D eigenvalue weighted by Gasteiger charge is -2.34. The van der Waals surface area contributed by atoms with E-state index in [0.29, 0.717) is 19.1 Å². The van der Waals surface area contributed by atoms with E-state index in [1.54, 1.807) is 26.3 Å². The molecule has 6 heteroatoms. The summed E-state index contributed by atoms with van der Waals surface area (Å²) in [6.45, 7) is 9.55. The van der Waals surface area contributed by atoms with Gasteiger partial charge < -0.3 is 18.8 Å². The van der Waals surface area contributed by atoms with Crippen LogP contribution in [-0.2, 0) is 15.9 Å². The number of ether oxygens (including phenoxy) is 3. The highest BCUT2D eigenvalue weighted by molar-refractivity contribution is 5.89. The molecule has 1 unspecified atom stereocenters. The molecular formula is C24H31NO5. The molecule has 162 valence electrons. The highest BCUT2D eigenvalue weighted by Crippen LogP contribution is 2.40. The van der Waals surface area contributed by atoms with Gasteiger partial charge in [-0.15, -0.1) is 0 Å². The fourth-order valence-electron chi connectivity index (χ4n) is 3.96. The highest BCUT2D eigenvalue weighted by atomic mass is 16.5. The second-order valence-corrected chi connectivity index (χ2v) is 8.05. The van der Waals surface area contributed by atoms with E-state index in [2.05, 4.69) is 30.5 Å². The molecule has 0 saturated carbocycles. The zero-order valence-corrected chi connectivity index (χ0v) is 18.5. The van der Waals surface area contributed by atoms with Gasteiger partial charge in [-0.3, -0.25) is 4.79 Å². The van der Waals surface area contributed by atoms with Crippen LogP contribution in [0.2, 0.25) is 0 Å². The van der Waals surface area contributed by atoms with Crippen molar-refractivity contribution in [1.82, 2.24) is 4.57 Å². The monoisotopic (exact) mass is 413 g/mol. The standard InChI is InChI=1S/C24H31NO5/c1-6-29-24(27)19-14-25-20(15(2)3)11-17-12-23(30-9-7-8-28-5)16(4)10-18(17)21(25)13-22(19)26/h10,12-15,20H,6-9,11H2,1-5H3.